The normalized spacial score (nSPS) is 15.9. The Morgan fingerprint density at radius 3 is 2.81 bits per heavy atom. The van der Waals surface area contributed by atoms with Gasteiger partial charge in [-0.1, -0.05) is 29.8 Å². The largest absolute Gasteiger partial charge is 0.495 e. The number of para-hydroxylation sites is 1. The van der Waals surface area contributed by atoms with E-state index in [1.165, 1.54) is 0 Å². The van der Waals surface area contributed by atoms with Crippen molar-refractivity contribution in [2.45, 2.75) is 19.0 Å². The molecule has 10 heteroatoms. The number of aromatic nitrogens is 3. The molecule has 1 aliphatic rings. The van der Waals surface area contributed by atoms with Crippen molar-refractivity contribution in [3.05, 3.63) is 65.7 Å². The summed E-state index contributed by atoms with van der Waals surface area (Å²) in [5.74, 6) is 2.37. The molecule has 0 saturated carbocycles. The average Bonchev–Trinajstić information content (AvgIpc) is 3.46. The summed E-state index contributed by atoms with van der Waals surface area (Å²) in [6.45, 7) is 2.25. The Balaban J connectivity index is 0.00000289. The van der Waals surface area contributed by atoms with Gasteiger partial charge in [0, 0.05) is 36.9 Å². The molecule has 32 heavy (non-hydrogen) atoms. The highest BCUT2D eigenvalue weighted by Gasteiger charge is 2.25. The smallest absolute Gasteiger partial charge is 0.191 e. The lowest BCUT2D eigenvalue weighted by atomic mass is 10.2. The van der Waals surface area contributed by atoms with Crippen molar-refractivity contribution >= 4 is 47.2 Å². The summed E-state index contributed by atoms with van der Waals surface area (Å²) in [7, 11) is 3.45. The van der Waals surface area contributed by atoms with Crippen LogP contribution in [0.15, 0.2) is 59.9 Å². The molecule has 1 aliphatic heterocycles. The van der Waals surface area contributed by atoms with Crippen LogP contribution in [0.3, 0.4) is 0 Å². The van der Waals surface area contributed by atoms with Crippen molar-refractivity contribution < 1.29 is 4.74 Å². The number of ether oxygens (including phenoxy) is 1. The topological polar surface area (TPSA) is 79.6 Å². The fourth-order valence-corrected chi connectivity index (χ4v) is 3.91. The first kappa shape index (κ1) is 24.1. The summed E-state index contributed by atoms with van der Waals surface area (Å²) in [5, 5.41) is 15.9. The van der Waals surface area contributed by atoms with E-state index in [4.69, 9.17) is 16.3 Å². The number of methoxy groups -OCH3 is 1. The van der Waals surface area contributed by atoms with Gasteiger partial charge in [-0.05, 0) is 36.8 Å². The van der Waals surface area contributed by atoms with E-state index in [0.29, 0.717) is 11.6 Å². The lowest BCUT2D eigenvalue weighted by Gasteiger charge is -2.22. The van der Waals surface area contributed by atoms with Crippen LogP contribution in [0.5, 0.6) is 5.75 Å². The van der Waals surface area contributed by atoms with E-state index in [1.807, 2.05) is 53.1 Å². The molecule has 0 amide bonds. The average molecular weight is 568 g/mol. The van der Waals surface area contributed by atoms with Crippen LogP contribution in [0.1, 0.15) is 12.2 Å². The molecule has 0 radical (unpaired) electrons. The molecule has 4 rings (SSSR count). The number of anilines is 1. The molecule has 0 aliphatic carbocycles. The summed E-state index contributed by atoms with van der Waals surface area (Å²) in [6.07, 6.45) is 2.70. The number of guanidine groups is 1. The zero-order chi connectivity index (χ0) is 21.6. The van der Waals surface area contributed by atoms with Gasteiger partial charge in [0.25, 0.3) is 0 Å². The third kappa shape index (κ3) is 5.63. The van der Waals surface area contributed by atoms with Crippen LogP contribution in [-0.2, 0) is 6.54 Å². The summed E-state index contributed by atoms with van der Waals surface area (Å²) in [5.41, 5.74) is 2.03. The molecular formula is C22H27ClIN7O. The summed E-state index contributed by atoms with van der Waals surface area (Å²) < 4.78 is 7.47. The van der Waals surface area contributed by atoms with Crippen molar-refractivity contribution in [2.75, 3.05) is 32.1 Å². The lowest BCUT2D eigenvalue weighted by molar-refractivity contribution is 0.415. The van der Waals surface area contributed by atoms with E-state index in [0.717, 1.165) is 48.4 Å². The van der Waals surface area contributed by atoms with Gasteiger partial charge in [0.2, 0.25) is 0 Å². The zero-order valence-corrected chi connectivity index (χ0v) is 21.1. The Morgan fingerprint density at radius 2 is 2.06 bits per heavy atom. The molecule has 1 fully saturated rings. The van der Waals surface area contributed by atoms with Gasteiger partial charge >= 0.3 is 0 Å². The molecule has 170 valence electrons. The first-order valence-corrected chi connectivity index (χ1v) is 10.6. The van der Waals surface area contributed by atoms with Crippen LogP contribution in [0.4, 0.5) is 5.69 Å². The van der Waals surface area contributed by atoms with Gasteiger partial charge in [0.05, 0.1) is 19.3 Å². The summed E-state index contributed by atoms with van der Waals surface area (Å²) >= 11 is 6.20. The van der Waals surface area contributed by atoms with Crippen LogP contribution < -0.4 is 20.3 Å². The van der Waals surface area contributed by atoms with Gasteiger partial charge in [0.15, 0.2) is 11.8 Å². The van der Waals surface area contributed by atoms with E-state index < -0.39 is 0 Å². The molecule has 1 aromatic heterocycles. The second-order valence-electron chi connectivity index (χ2n) is 7.27. The molecule has 2 N–H and O–H groups in total. The molecule has 0 bridgehead atoms. The summed E-state index contributed by atoms with van der Waals surface area (Å²) in [6, 6.07) is 16.0. The molecule has 8 nitrogen and oxygen atoms in total. The highest BCUT2D eigenvalue weighted by molar-refractivity contribution is 14.0. The van der Waals surface area contributed by atoms with E-state index >= 15 is 0 Å². The highest BCUT2D eigenvalue weighted by atomic mass is 127. The van der Waals surface area contributed by atoms with Crippen LogP contribution in [0.2, 0.25) is 5.02 Å². The van der Waals surface area contributed by atoms with Crippen molar-refractivity contribution in [3.8, 4) is 11.4 Å². The number of nitrogens with one attached hydrogen (secondary N) is 2. The minimum Gasteiger partial charge on any atom is -0.495 e. The molecule has 1 atom stereocenters. The number of hydrogen-bond acceptors (Lipinski definition) is 5. The monoisotopic (exact) mass is 567 g/mol. The fourth-order valence-electron chi connectivity index (χ4n) is 3.74. The van der Waals surface area contributed by atoms with Gasteiger partial charge in [-0.25, -0.2) is 0 Å². The van der Waals surface area contributed by atoms with Gasteiger partial charge < -0.3 is 20.3 Å². The van der Waals surface area contributed by atoms with Crippen LogP contribution in [-0.4, -0.2) is 54.0 Å². The third-order valence-electron chi connectivity index (χ3n) is 5.30. The Morgan fingerprint density at radius 1 is 1.25 bits per heavy atom. The van der Waals surface area contributed by atoms with Crippen molar-refractivity contribution in [1.29, 1.82) is 0 Å². The SMILES string of the molecule is CN=C(NCc1nncn1-c1ccccc1)NC1CCN(c2cc(Cl)ccc2OC)C1.I. The summed E-state index contributed by atoms with van der Waals surface area (Å²) in [4.78, 5) is 6.65. The Labute approximate surface area is 210 Å². The molecule has 2 heterocycles. The van der Waals surface area contributed by atoms with Crippen molar-refractivity contribution in [3.63, 3.8) is 0 Å². The Kier molecular flexibility index (Phi) is 8.57. The minimum absolute atomic E-state index is 0. The van der Waals surface area contributed by atoms with E-state index in [-0.39, 0.29) is 30.0 Å². The van der Waals surface area contributed by atoms with Crippen LogP contribution in [0.25, 0.3) is 5.69 Å². The van der Waals surface area contributed by atoms with E-state index in [2.05, 4.69) is 30.7 Å². The highest BCUT2D eigenvalue weighted by Crippen LogP contribution is 2.33. The number of rotatable bonds is 6. The maximum atomic E-state index is 6.20. The van der Waals surface area contributed by atoms with Gasteiger partial charge in [-0.3, -0.25) is 9.56 Å². The minimum atomic E-state index is 0. The van der Waals surface area contributed by atoms with Crippen LogP contribution in [0, 0.1) is 0 Å². The number of benzene rings is 2. The van der Waals surface area contributed by atoms with Gasteiger partial charge in [-0.15, -0.1) is 34.2 Å². The molecule has 2 aromatic carbocycles. The standard InChI is InChI=1S/C22H26ClN7O.HI/c1-24-22(25-13-21-28-26-15-30(21)18-6-4-3-5-7-18)27-17-10-11-29(14-17)19-12-16(23)8-9-20(19)31-2;/h3-9,12,15,17H,10-11,13-14H2,1-2H3,(H2,24,25,27);1H. The molecular weight excluding hydrogens is 541 g/mol. The van der Waals surface area contributed by atoms with E-state index in [1.54, 1.807) is 20.5 Å². The van der Waals surface area contributed by atoms with Crippen LogP contribution >= 0.6 is 35.6 Å². The number of nitrogens with zero attached hydrogens (tertiary/aromatic N) is 5. The van der Waals surface area contributed by atoms with Crippen molar-refractivity contribution in [1.82, 2.24) is 25.4 Å². The second-order valence-corrected chi connectivity index (χ2v) is 7.71. The first-order valence-electron chi connectivity index (χ1n) is 10.2. The predicted molar refractivity (Wildman–Crippen MR) is 139 cm³/mol. The van der Waals surface area contributed by atoms with E-state index in [9.17, 15) is 0 Å². The number of halogens is 2. The molecule has 1 saturated heterocycles. The van der Waals surface area contributed by atoms with Crippen molar-refractivity contribution in [2.24, 2.45) is 4.99 Å². The van der Waals surface area contributed by atoms with Gasteiger partial charge in [0.1, 0.15) is 12.1 Å². The maximum Gasteiger partial charge on any atom is 0.191 e. The quantitative estimate of drug-likeness (QED) is 0.270. The zero-order valence-electron chi connectivity index (χ0n) is 18.0. The lowest BCUT2D eigenvalue weighted by Crippen LogP contribution is -2.44. The first-order chi connectivity index (χ1) is 15.2. The third-order valence-corrected chi connectivity index (χ3v) is 5.54. The number of hydrogen-bond donors (Lipinski definition) is 2. The van der Waals surface area contributed by atoms with Gasteiger partial charge in [-0.2, -0.15) is 0 Å². The maximum absolute atomic E-state index is 6.20. The molecule has 0 spiro atoms. The fraction of sp³-hybridized carbons (Fsp3) is 0.318. The molecule has 1 unspecified atom stereocenters. The Bertz CT molecular complexity index is 1040. The Hall–Kier alpha value is -2.53. The molecule has 3 aromatic rings. The number of aliphatic imine (C=N–C) groups is 1. The predicted octanol–water partition coefficient (Wildman–Crippen LogP) is 3.49. The second kappa shape index (κ2) is 11.4.